The summed E-state index contributed by atoms with van der Waals surface area (Å²) in [5.41, 5.74) is 10.7. The van der Waals surface area contributed by atoms with E-state index < -0.39 is 0 Å². The maximum absolute atomic E-state index is 6.29. The molecule has 0 bridgehead atoms. The lowest BCUT2D eigenvalue weighted by Crippen LogP contribution is -2.56. The van der Waals surface area contributed by atoms with E-state index in [0.29, 0.717) is 32.1 Å². The Labute approximate surface area is 197 Å². The first-order chi connectivity index (χ1) is 15.5. The van der Waals surface area contributed by atoms with E-state index in [1.165, 1.54) is 11.8 Å². The zero-order valence-electron chi connectivity index (χ0n) is 18.9. The molecule has 2 aromatic heterocycles. The van der Waals surface area contributed by atoms with E-state index in [1.807, 2.05) is 22.4 Å². The van der Waals surface area contributed by atoms with Crippen LogP contribution >= 0.6 is 23.1 Å². The Balaban J connectivity index is 1.59. The van der Waals surface area contributed by atoms with Crippen molar-refractivity contribution in [2.45, 2.75) is 33.1 Å². The molecule has 9 nitrogen and oxygen atoms in total. The van der Waals surface area contributed by atoms with E-state index in [1.54, 1.807) is 18.4 Å². The Morgan fingerprint density at radius 1 is 1.38 bits per heavy atom. The first kappa shape index (κ1) is 24.7. The maximum atomic E-state index is 6.29. The highest BCUT2D eigenvalue weighted by Gasteiger charge is 2.17. The van der Waals surface area contributed by atoms with Gasteiger partial charge in [-0.05, 0) is 33.4 Å². The molecule has 3 rings (SSSR count). The summed E-state index contributed by atoms with van der Waals surface area (Å²) in [7, 11) is 1.67. The van der Waals surface area contributed by atoms with Crippen molar-refractivity contribution < 1.29 is 9.47 Å². The van der Waals surface area contributed by atoms with Gasteiger partial charge in [0.05, 0.1) is 54.0 Å². The van der Waals surface area contributed by atoms with Gasteiger partial charge in [-0.1, -0.05) is 18.3 Å². The standard InChI is InChI=1S/C21H33N7O2S2/c1-14-19(15(2)28(27-14)8-9-30-11-10-29-4)20-26-18(13-32-20)17(22)12-31-16(3)25-21-23-6-5-7-24-21/h12-13,21,23-25H,3,5-11,22H2,1-2,4H3/b17-12-. The Bertz CT molecular complexity index is 919. The van der Waals surface area contributed by atoms with Gasteiger partial charge in [0.1, 0.15) is 11.3 Å². The Morgan fingerprint density at radius 2 is 2.16 bits per heavy atom. The molecule has 0 saturated carbocycles. The second-order valence-electron chi connectivity index (χ2n) is 7.37. The summed E-state index contributed by atoms with van der Waals surface area (Å²) in [6.07, 6.45) is 1.16. The molecule has 176 valence electrons. The van der Waals surface area contributed by atoms with Gasteiger partial charge in [-0.25, -0.2) is 4.98 Å². The third-order valence-corrected chi connectivity index (χ3v) is 6.59. The molecule has 2 aromatic rings. The van der Waals surface area contributed by atoms with Crippen LogP contribution in [0.1, 0.15) is 23.5 Å². The molecule has 0 spiro atoms. The molecule has 0 radical (unpaired) electrons. The summed E-state index contributed by atoms with van der Waals surface area (Å²) in [6, 6.07) is 0. The molecule has 0 atom stereocenters. The number of rotatable bonds is 12. The molecule has 0 aromatic carbocycles. The number of aryl methyl sites for hydroxylation is 1. The number of aromatic nitrogens is 3. The van der Waals surface area contributed by atoms with Gasteiger partial charge in [-0.15, -0.1) is 11.3 Å². The van der Waals surface area contributed by atoms with E-state index in [2.05, 4.69) is 34.6 Å². The molecular formula is C21H33N7O2S2. The Kier molecular flexibility index (Phi) is 9.57. The normalized spacial score (nSPS) is 15.3. The first-order valence-corrected chi connectivity index (χ1v) is 12.4. The Morgan fingerprint density at radius 3 is 2.91 bits per heavy atom. The molecule has 3 heterocycles. The van der Waals surface area contributed by atoms with Gasteiger partial charge in [0.25, 0.3) is 0 Å². The monoisotopic (exact) mass is 479 g/mol. The average molecular weight is 480 g/mol. The highest BCUT2D eigenvalue weighted by molar-refractivity contribution is 8.05. The molecule has 5 N–H and O–H groups in total. The van der Waals surface area contributed by atoms with E-state index in [-0.39, 0.29) is 6.29 Å². The smallest absolute Gasteiger partial charge is 0.132 e. The van der Waals surface area contributed by atoms with Gasteiger partial charge in [-0.2, -0.15) is 5.10 Å². The number of hydrogen-bond donors (Lipinski definition) is 4. The zero-order chi connectivity index (χ0) is 22.9. The second kappa shape index (κ2) is 12.4. The summed E-state index contributed by atoms with van der Waals surface area (Å²) in [4.78, 5) is 4.77. The summed E-state index contributed by atoms with van der Waals surface area (Å²) >= 11 is 3.03. The van der Waals surface area contributed by atoms with Crippen molar-refractivity contribution in [3.05, 3.63) is 39.5 Å². The third-order valence-electron chi connectivity index (χ3n) is 4.96. The highest BCUT2D eigenvalue weighted by Crippen LogP contribution is 2.31. The first-order valence-electron chi connectivity index (χ1n) is 10.6. The van der Waals surface area contributed by atoms with Crippen LogP contribution in [-0.4, -0.2) is 61.1 Å². The predicted molar refractivity (Wildman–Crippen MR) is 132 cm³/mol. The molecule has 1 aliphatic heterocycles. The van der Waals surface area contributed by atoms with E-state index in [4.69, 9.17) is 20.2 Å². The van der Waals surface area contributed by atoms with Crippen LogP contribution in [0.3, 0.4) is 0 Å². The number of nitrogens with two attached hydrogens (primary N) is 1. The van der Waals surface area contributed by atoms with Crippen molar-refractivity contribution in [1.29, 1.82) is 0 Å². The number of hydrogen-bond acceptors (Lipinski definition) is 10. The van der Waals surface area contributed by atoms with Gasteiger partial charge >= 0.3 is 0 Å². The Hall–Kier alpha value is -1.89. The summed E-state index contributed by atoms with van der Waals surface area (Å²) in [6.45, 7) is 12.5. The largest absolute Gasteiger partial charge is 0.397 e. The zero-order valence-corrected chi connectivity index (χ0v) is 20.6. The van der Waals surface area contributed by atoms with Gasteiger partial charge in [-0.3, -0.25) is 15.3 Å². The van der Waals surface area contributed by atoms with E-state index in [9.17, 15) is 0 Å². The fraction of sp³-hybridized carbons (Fsp3) is 0.524. The minimum Gasteiger partial charge on any atom is -0.397 e. The molecule has 0 aliphatic carbocycles. The fourth-order valence-electron chi connectivity index (χ4n) is 3.29. The third kappa shape index (κ3) is 6.80. The molecule has 1 aliphatic rings. The van der Waals surface area contributed by atoms with Crippen molar-refractivity contribution >= 4 is 28.8 Å². The lowest BCUT2D eigenvalue weighted by atomic mass is 10.2. The fourth-order valence-corrected chi connectivity index (χ4v) is 4.84. The summed E-state index contributed by atoms with van der Waals surface area (Å²) < 4.78 is 12.5. The van der Waals surface area contributed by atoms with Crippen LogP contribution in [0.5, 0.6) is 0 Å². The SMILES string of the molecule is C=C(NC1NCCCN1)S/C=C(\N)c1csc(-c2c(C)nn(CCOCCOC)c2C)n1. The quantitative estimate of drug-likeness (QED) is 0.340. The van der Waals surface area contributed by atoms with Crippen LogP contribution in [0, 0.1) is 13.8 Å². The van der Waals surface area contributed by atoms with Gasteiger partial charge < -0.3 is 20.5 Å². The minimum atomic E-state index is 0.0390. The van der Waals surface area contributed by atoms with Crippen LogP contribution in [0.2, 0.25) is 0 Å². The van der Waals surface area contributed by atoms with Crippen LogP contribution in [0.15, 0.2) is 22.4 Å². The van der Waals surface area contributed by atoms with Gasteiger partial charge in [0.15, 0.2) is 0 Å². The lowest BCUT2D eigenvalue weighted by Gasteiger charge is -2.27. The molecule has 0 unspecified atom stereocenters. The van der Waals surface area contributed by atoms with E-state index in [0.717, 1.165) is 52.2 Å². The number of ether oxygens (including phenoxy) is 2. The lowest BCUT2D eigenvalue weighted by molar-refractivity contribution is 0.0652. The number of nitrogens with one attached hydrogen (secondary N) is 3. The van der Waals surface area contributed by atoms with Crippen molar-refractivity contribution in [2.75, 3.05) is 40.0 Å². The second-order valence-corrected chi connectivity index (χ2v) is 9.19. The molecule has 1 fully saturated rings. The molecule has 0 amide bonds. The minimum absolute atomic E-state index is 0.0390. The van der Waals surface area contributed by atoms with E-state index >= 15 is 0 Å². The van der Waals surface area contributed by atoms with Gasteiger partial charge in [0, 0.05) is 23.6 Å². The van der Waals surface area contributed by atoms with Crippen molar-refractivity contribution in [2.24, 2.45) is 5.73 Å². The molecule has 11 heteroatoms. The summed E-state index contributed by atoms with van der Waals surface area (Å²) in [5.74, 6) is 0. The number of thioether (sulfide) groups is 1. The number of thiazole rings is 1. The van der Waals surface area contributed by atoms with Crippen molar-refractivity contribution in [3.63, 3.8) is 0 Å². The number of nitrogens with zero attached hydrogens (tertiary/aromatic N) is 3. The molecule has 32 heavy (non-hydrogen) atoms. The summed E-state index contributed by atoms with van der Waals surface area (Å²) in [5, 5.41) is 20.2. The number of methoxy groups -OCH3 is 1. The molecule has 1 saturated heterocycles. The predicted octanol–water partition coefficient (Wildman–Crippen LogP) is 2.20. The van der Waals surface area contributed by atoms with Crippen LogP contribution in [0.25, 0.3) is 16.3 Å². The van der Waals surface area contributed by atoms with Gasteiger partial charge in [0.2, 0.25) is 0 Å². The van der Waals surface area contributed by atoms with Crippen LogP contribution in [-0.2, 0) is 16.0 Å². The van der Waals surface area contributed by atoms with Crippen molar-refractivity contribution in [3.8, 4) is 10.6 Å². The maximum Gasteiger partial charge on any atom is 0.132 e. The topological polar surface area (TPSA) is 111 Å². The average Bonchev–Trinajstić information content (AvgIpc) is 3.37. The highest BCUT2D eigenvalue weighted by atomic mass is 32.2. The molecular weight excluding hydrogens is 446 g/mol. The van der Waals surface area contributed by atoms with Crippen LogP contribution < -0.4 is 21.7 Å². The van der Waals surface area contributed by atoms with Crippen molar-refractivity contribution in [1.82, 2.24) is 30.7 Å². The van der Waals surface area contributed by atoms with Crippen LogP contribution in [0.4, 0.5) is 0 Å².